The molecule has 0 fully saturated rings. The predicted octanol–water partition coefficient (Wildman–Crippen LogP) is 4.27. The Kier molecular flexibility index (Phi) is 4.42. The van der Waals surface area contributed by atoms with Crippen LogP contribution in [0, 0.1) is 29.9 Å². The third-order valence-corrected chi connectivity index (χ3v) is 3.62. The van der Waals surface area contributed by atoms with E-state index in [1.165, 1.54) is 0 Å². The van der Waals surface area contributed by atoms with Gasteiger partial charge in [0.25, 0.3) is 0 Å². The Morgan fingerprint density at radius 3 is 2.26 bits per heavy atom. The number of nitriles is 1. The summed E-state index contributed by atoms with van der Waals surface area (Å²) in [5, 5.41) is 16.0. The minimum atomic E-state index is -0.783. The van der Waals surface area contributed by atoms with Gasteiger partial charge in [0.05, 0.1) is 28.9 Å². The zero-order valence-corrected chi connectivity index (χ0v) is 13.9. The van der Waals surface area contributed by atoms with Gasteiger partial charge in [-0.15, -0.1) is 0 Å². The van der Waals surface area contributed by atoms with Gasteiger partial charge in [-0.25, -0.2) is 8.78 Å². The summed E-state index contributed by atoms with van der Waals surface area (Å²) in [7, 11) is 0. The average Bonchev–Trinajstić information content (AvgIpc) is 2.84. The van der Waals surface area contributed by atoms with E-state index < -0.39 is 11.6 Å². The molecule has 0 radical (unpaired) electrons. The highest BCUT2D eigenvalue weighted by atomic mass is 19.1. The van der Waals surface area contributed by atoms with Crippen LogP contribution < -0.4 is 5.32 Å². The molecule has 23 heavy (non-hydrogen) atoms. The van der Waals surface area contributed by atoms with Crippen molar-refractivity contribution in [3.05, 3.63) is 46.8 Å². The predicted molar refractivity (Wildman–Crippen MR) is 85.1 cm³/mol. The summed E-state index contributed by atoms with van der Waals surface area (Å²) < 4.78 is 29.8. The van der Waals surface area contributed by atoms with Gasteiger partial charge in [-0.1, -0.05) is 0 Å². The van der Waals surface area contributed by atoms with Crippen LogP contribution in [0.4, 0.5) is 14.5 Å². The summed E-state index contributed by atoms with van der Waals surface area (Å²) in [5.74, 6) is -1.57. The molecule has 0 saturated carbocycles. The number of benzene rings is 1. The van der Waals surface area contributed by atoms with Crippen molar-refractivity contribution in [2.24, 2.45) is 0 Å². The molecular weight excluding hydrogens is 298 g/mol. The minimum Gasteiger partial charge on any atom is -0.374 e. The molecule has 6 heteroatoms. The van der Waals surface area contributed by atoms with Crippen molar-refractivity contribution in [1.82, 2.24) is 9.78 Å². The second-order valence-corrected chi connectivity index (χ2v) is 6.58. The van der Waals surface area contributed by atoms with Crippen LogP contribution in [0.25, 0.3) is 0 Å². The molecule has 0 aliphatic rings. The molecule has 4 nitrogen and oxygen atoms in total. The normalized spacial score (nSPS) is 12.8. The first-order valence-corrected chi connectivity index (χ1v) is 7.36. The lowest BCUT2D eigenvalue weighted by Crippen LogP contribution is -2.22. The first-order chi connectivity index (χ1) is 10.6. The third-order valence-electron chi connectivity index (χ3n) is 3.62. The monoisotopic (exact) mass is 318 g/mol. The fourth-order valence-electron chi connectivity index (χ4n) is 2.31. The molecule has 1 atom stereocenters. The lowest BCUT2D eigenvalue weighted by atomic mass is 10.1. The smallest absolute Gasteiger partial charge is 0.150 e. The Hall–Kier alpha value is -2.42. The van der Waals surface area contributed by atoms with E-state index in [2.05, 4.69) is 10.4 Å². The number of hydrogen-bond donors (Lipinski definition) is 1. The van der Waals surface area contributed by atoms with E-state index in [1.807, 2.05) is 45.5 Å². The number of hydrogen-bond acceptors (Lipinski definition) is 3. The van der Waals surface area contributed by atoms with Crippen LogP contribution >= 0.6 is 0 Å². The molecule has 2 aromatic rings. The van der Waals surface area contributed by atoms with Crippen LogP contribution in [-0.2, 0) is 5.54 Å². The Balaban J connectivity index is 2.32. The molecule has 1 aromatic carbocycles. The summed E-state index contributed by atoms with van der Waals surface area (Å²) in [4.78, 5) is 0. The van der Waals surface area contributed by atoms with Crippen molar-refractivity contribution in [1.29, 1.82) is 5.26 Å². The molecule has 0 saturated heterocycles. The molecule has 1 aromatic heterocycles. The number of halogens is 2. The highest BCUT2D eigenvalue weighted by Gasteiger charge is 2.21. The van der Waals surface area contributed by atoms with Gasteiger partial charge >= 0.3 is 0 Å². The zero-order valence-electron chi connectivity index (χ0n) is 13.9. The first-order valence-electron chi connectivity index (χ1n) is 7.36. The summed E-state index contributed by atoms with van der Waals surface area (Å²) >= 11 is 0. The fraction of sp³-hybridized carbons (Fsp3) is 0.412. The van der Waals surface area contributed by atoms with Crippen LogP contribution in [0.2, 0.25) is 0 Å². The van der Waals surface area contributed by atoms with Gasteiger partial charge < -0.3 is 5.32 Å². The third kappa shape index (κ3) is 3.50. The highest BCUT2D eigenvalue weighted by Crippen LogP contribution is 2.28. The molecular formula is C17H20F2N4. The maximum atomic E-state index is 14.0. The lowest BCUT2D eigenvalue weighted by Gasteiger charge is -2.19. The van der Waals surface area contributed by atoms with Crippen LogP contribution in [-0.4, -0.2) is 9.78 Å². The Bertz CT molecular complexity index is 743. The molecule has 1 N–H and O–H groups in total. The van der Waals surface area contributed by atoms with Gasteiger partial charge in [-0.2, -0.15) is 10.4 Å². The van der Waals surface area contributed by atoms with Crippen molar-refractivity contribution in [3.63, 3.8) is 0 Å². The molecule has 1 heterocycles. The van der Waals surface area contributed by atoms with E-state index >= 15 is 0 Å². The molecule has 0 aliphatic heterocycles. The number of rotatable bonds is 3. The van der Waals surface area contributed by atoms with Gasteiger partial charge in [-0.05, 0) is 46.8 Å². The van der Waals surface area contributed by atoms with E-state index in [1.54, 1.807) is 6.07 Å². The molecule has 2 rings (SSSR count). The van der Waals surface area contributed by atoms with Gasteiger partial charge in [0.2, 0.25) is 0 Å². The minimum absolute atomic E-state index is 0.0464. The molecule has 0 aliphatic carbocycles. The average molecular weight is 318 g/mol. The molecule has 0 spiro atoms. The lowest BCUT2D eigenvalue weighted by molar-refractivity contribution is 0.354. The van der Waals surface area contributed by atoms with Crippen molar-refractivity contribution in [2.75, 3.05) is 5.32 Å². The van der Waals surface area contributed by atoms with E-state index in [0.29, 0.717) is 0 Å². The largest absolute Gasteiger partial charge is 0.374 e. The van der Waals surface area contributed by atoms with Gasteiger partial charge in [0.1, 0.15) is 5.69 Å². The maximum absolute atomic E-state index is 14.0. The number of aryl methyl sites for hydroxylation is 1. The Labute approximate surface area is 134 Å². The summed E-state index contributed by atoms with van der Waals surface area (Å²) in [6, 6.07) is 3.43. The number of aromatic nitrogens is 2. The van der Waals surface area contributed by atoms with E-state index in [4.69, 9.17) is 5.26 Å². The topological polar surface area (TPSA) is 53.6 Å². The van der Waals surface area contributed by atoms with Crippen LogP contribution in [0.15, 0.2) is 18.3 Å². The number of anilines is 1. The summed E-state index contributed by atoms with van der Waals surface area (Å²) in [6.07, 6.45) is 1.88. The van der Waals surface area contributed by atoms with Crippen LogP contribution in [0.1, 0.15) is 50.6 Å². The number of nitrogens with zero attached hydrogens (tertiary/aromatic N) is 3. The van der Waals surface area contributed by atoms with Crippen molar-refractivity contribution in [2.45, 2.75) is 46.2 Å². The van der Waals surface area contributed by atoms with Crippen molar-refractivity contribution >= 4 is 5.69 Å². The maximum Gasteiger partial charge on any atom is 0.150 e. The fourth-order valence-corrected chi connectivity index (χ4v) is 2.31. The van der Waals surface area contributed by atoms with Crippen molar-refractivity contribution < 1.29 is 8.78 Å². The van der Waals surface area contributed by atoms with Crippen LogP contribution in [0.5, 0.6) is 0 Å². The van der Waals surface area contributed by atoms with E-state index in [9.17, 15) is 8.78 Å². The quantitative estimate of drug-likeness (QED) is 0.919. The summed E-state index contributed by atoms with van der Waals surface area (Å²) in [6.45, 7) is 9.76. The molecule has 0 amide bonds. The molecule has 0 bridgehead atoms. The summed E-state index contributed by atoms with van der Waals surface area (Å²) in [5.41, 5.74) is 1.21. The van der Waals surface area contributed by atoms with Crippen molar-refractivity contribution in [3.8, 4) is 6.07 Å². The Morgan fingerprint density at radius 2 is 1.83 bits per heavy atom. The van der Waals surface area contributed by atoms with Gasteiger partial charge in [-0.3, -0.25) is 4.68 Å². The first kappa shape index (κ1) is 16.9. The highest BCUT2D eigenvalue weighted by molar-refractivity contribution is 5.51. The second-order valence-electron chi connectivity index (χ2n) is 6.58. The van der Waals surface area contributed by atoms with E-state index in [0.717, 1.165) is 23.4 Å². The zero-order chi connectivity index (χ0) is 17.4. The van der Waals surface area contributed by atoms with Crippen LogP contribution in [0.3, 0.4) is 0 Å². The molecule has 122 valence electrons. The number of nitrogens with one attached hydrogen (secondary N) is 1. The van der Waals surface area contributed by atoms with E-state index in [-0.39, 0.29) is 22.8 Å². The standard InChI is InChI=1S/C17H20F2N4/c1-10(13-9-23(17(3,4)5)22-11(13)2)21-16-14(18)6-12(8-20)7-15(16)19/h6-7,9-10,21H,1-5H3. The Morgan fingerprint density at radius 1 is 1.26 bits per heavy atom. The SMILES string of the molecule is Cc1nn(C(C)(C)C)cc1C(C)Nc1c(F)cc(C#N)cc1F. The van der Waals surface area contributed by atoms with Gasteiger partial charge in [0.15, 0.2) is 11.6 Å². The molecule has 1 unspecified atom stereocenters. The van der Waals surface area contributed by atoms with Gasteiger partial charge in [0, 0.05) is 11.8 Å². The second kappa shape index (κ2) is 5.99.